The Bertz CT molecular complexity index is 869. The number of ether oxygens (including phenoxy) is 1. The molecule has 1 N–H and O–H groups in total. The summed E-state index contributed by atoms with van der Waals surface area (Å²) in [5.74, 6) is -0.316. The zero-order chi connectivity index (χ0) is 20.8. The van der Waals surface area contributed by atoms with Crippen LogP contribution in [0.5, 0.6) is 5.75 Å². The number of amides is 1. The van der Waals surface area contributed by atoms with Gasteiger partial charge in [-0.25, -0.2) is 4.79 Å². The van der Waals surface area contributed by atoms with E-state index in [0.717, 1.165) is 22.9 Å². The number of benzene rings is 2. The third kappa shape index (κ3) is 5.60. The lowest BCUT2D eigenvalue weighted by Gasteiger charge is -2.21. The van der Waals surface area contributed by atoms with Gasteiger partial charge in [0, 0.05) is 25.5 Å². The highest BCUT2D eigenvalue weighted by Crippen LogP contribution is 2.27. The van der Waals surface area contributed by atoms with Crippen molar-refractivity contribution in [1.82, 2.24) is 4.90 Å². The van der Waals surface area contributed by atoms with Gasteiger partial charge in [0.1, 0.15) is 17.9 Å². The van der Waals surface area contributed by atoms with Crippen LogP contribution < -0.4 is 4.74 Å². The topological polar surface area (TPSA) is 83.9 Å². The van der Waals surface area contributed by atoms with Crippen molar-refractivity contribution in [2.45, 2.75) is 31.9 Å². The molecule has 1 aliphatic rings. The largest absolute Gasteiger partial charge is 0.488 e. The van der Waals surface area contributed by atoms with Gasteiger partial charge in [0.25, 0.3) is 0 Å². The molecule has 1 unspecified atom stereocenters. The maximum atomic E-state index is 12.4. The number of likely N-dealkylation sites (tertiary alicyclic amines) is 1. The van der Waals surface area contributed by atoms with Gasteiger partial charge in [-0.05, 0) is 23.3 Å². The predicted octanol–water partition coefficient (Wildman–Crippen LogP) is 3.46. The number of thioether (sulfide) groups is 1. The van der Waals surface area contributed by atoms with Crippen LogP contribution in [-0.4, -0.2) is 51.4 Å². The molecule has 2 aromatic carbocycles. The molecular formula is C22H23NO5S. The molecule has 7 heteroatoms. The lowest BCUT2D eigenvalue weighted by Crippen LogP contribution is -2.40. The normalized spacial score (nSPS) is 18.4. The van der Waals surface area contributed by atoms with Gasteiger partial charge in [-0.15, -0.1) is 0 Å². The van der Waals surface area contributed by atoms with E-state index < -0.39 is 12.0 Å². The van der Waals surface area contributed by atoms with Crippen LogP contribution in [0.2, 0.25) is 0 Å². The Morgan fingerprint density at radius 2 is 1.72 bits per heavy atom. The Morgan fingerprint density at radius 1 is 1.07 bits per heavy atom. The highest BCUT2D eigenvalue weighted by Gasteiger charge is 2.40. The number of carboxylic acid groups (broad SMARTS) is 1. The second-order valence-electron chi connectivity index (χ2n) is 6.86. The molecule has 2 aromatic rings. The van der Waals surface area contributed by atoms with E-state index in [1.165, 1.54) is 11.8 Å². The third-order valence-electron chi connectivity index (χ3n) is 4.75. The van der Waals surface area contributed by atoms with E-state index in [2.05, 4.69) is 0 Å². The summed E-state index contributed by atoms with van der Waals surface area (Å²) in [6.07, 6.45) is -0.0171. The Hall–Kier alpha value is -2.80. The minimum Gasteiger partial charge on any atom is -0.488 e. The summed E-state index contributed by atoms with van der Waals surface area (Å²) in [5.41, 5.74) is 2.17. The predicted molar refractivity (Wildman–Crippen MR) is 112 cm³/mol. The third-order valence-corrected chi connectivity index (χ3v) is 5.57. The number of hydrogen-bond donors (Lipinski definition) is 1. The number of carboxylic acids is 1. The van der Waals surface area contributed by atoms with Gasteiger partial charge in [-0.3, -0.25) is 9.59 Å². The molecule has 152 valence electrons. The number of carbonyl (C=O) groups is 3. The molecule has 0 aromatic heterocycles. The van der Waals surface area contributed by atoms with Crippen molar-refractivity contribution in [3.05, 3.63) is 54.6 Å². The van der Waals surface area contributed by atoms with Crippen molar-refractivity contribution < 1.29 is 24.2 Å². The van der Waals surface area contributed by atoms with E-state index in [9.17, 15) is 19.5 Å². The second kappa shape index (κ2) is 9.60. The summed E-state index contributed by atoms with van der Waals surface area (Å²) < 4.78 is 5.95. The fourth-order valence-electron chi connectivity index (χ4n) is 3.37. The van der Waals surface area contributed by atoms with Crippen LogP contribution in [-0.2, 0) is 14.4 Å². The SMILES string of the molecule is CC(=O)SCCC(=O)N1CC(Oc2ccc(-c3ccccc3)cc2)C[C@H]1C(=O)O. The first-order chi connectivity index (χ1) is 13.9. The molecule has 1 fully saturated rings. The van der Waals surface area contributed by atoms with E-state index in [0.29, 0.717) is 11.5 Å². The molecule has 0 bridgehead atoms. The van der Waals surface area contributed by atoms with Crippen LogP contribution in [0.25, 0.3) is 11.1 Å². The summed E-state index contributed by atoms with van der Waals surface area (Å²) in [6, 6.07) is 16.7. The average molecular weight is 413 g/mol. The first kappa shape index (κ1) is 20.9. The Kier molecular flexibility index (Phi) is 6.93. The second-order valence-corrected chi connectivity index (χ2v) is 8.13. The molecule has 0 radical (unpaired) electrons. The molecule has 2 atom stereocenters. The van der Waals surface area contributed by atoms with Gasteiger partial charge in [0.2, 0.25) is 5.91 Å². The summed E-state index contributed by atoms with van der Waals surface area (Å²) in [5, 5.41) is 9.42. The highest BCUT2D eigenvalue weighted by molar-refractivity contribution is 8.13. The zero-order valence-corrected chi connectivity index (χ0v) is 16.9. The van der Waals surface area contributed by atoms with Gasteiger partial charge in [-0.1, -0.05) is 54.2 Å². The molecule has 0 aliphatic carbocycles. The van der Waals surface area contributed by atoms with Crippen molar-refractivity contribution in [2.24, 2.45) is 0 Å². The number of hydrogen-bond acceptors (Lipinski definition) is 5. The molecule has 3 rings (SSSR count). The molecule has 1 saturated heterocycles. The van der Waals surface area contributed by atoms with Crippen molar-refractivity contribution >= 4 is 28.8 Å². The molecular weight excluding hydrogens is 390 g/mol. The monoisotopic (exact) mass is 413 g/mol. The quantitative estimate of drug-likeness (QED) is 0.748. The van der Waals surface area contributed by atoms with Crippen LogP contribution in [0.15, 0.2) is 54.6 Å². The van der Waals surface area contributed by atoms with Gasteiger partial charge >= 0.3 is 5.97 Å². The molecule has 0 spiro atoms. The Morgan fingerprint density at radius 3 is 2.34 bits per heavy atom. The fraction of sp³-hybridized carbons (Fsp3) is 0.318. The van der Waals surface area contributed by atoms with Crippen molar-refractivity contribution in [3.8, 4) is 16.9 Å². The lowest BCUT2D eigenvalue weighted by atomic mass is 10.1. The standard InChI is InChI=1S/C22H23NO5S/c1-15(24)29-12-11-21(25)23-14-19(13-20(23)22(26)27)28-18-9-7-17(8-10-18)16-5-3-2-4-6-16/h2-10,19-20H,11-14H2,1H3,(H,26,27)/t19?,20-/m0/s1. The Balaban J connectivity index is 1.62. The summed E-state index contributed by atoms with van der Waals surface area (Å²) in [4.78, 5) is 36.4. The van der Waals surface area contributed by atoms with Crippen LogP contribution >= 0.6 is 11.8 Å². The summed E-state index contributed by atoms with van der Waals surface area (Å²) in [7, 11) is 0. The molecule has 29 heavy (non-hydrogen) atoms. The summed E-state index contributed by atoms with van der Waals surface area (Å²) >= 11 is 1.07. The fourth-order valence-corrected chi connectivity index (χ4v) is 3.93. The van der Waals surface area contributed by atoms with Crippen molar-refractivity contribution in [3.63, 3.8) is 0 Å². The number of carbonyl (C=O) groups excluding carboxylic acids is 2. The maximum absolute atomic E-state index is 12.4. The van der Waals surface area contributed by atoms with Crippen LogP contribution in [0.1, 0.15) is 19.8 Å². The van der Waals surface area contributed by atoms with E-state index in [-0.39, 0.29) is 36.5 Å². The number of rotatable bonds is 7. The van der Waals surface area contributed by atoms with Crippen molar-refractivity contribution in [1.29, 1.82) is 0 Å². The van der Waals surface area contributed by atoms with Crippen LogP contribution in [0, 0.1) is 0 Å². The first-order valence-electron chi connectivity index (χ1n) is 9.42. The number of aliphatic carboxylic acids is 1. The summed E-state index contributed by atoms with van der Waals surface area (Å²) in [6.45, 7) is 1.67. The first-order valence-corrected chi connectivity index (χ1v) is 10.4. The molecule has 1 aliphatic heterocycles. The molecule has 1 amide bonds. The van der Waals surface area contributed by atoms with Crippen LogP contribution in [0.3, 0.4) is 0 Å². The van der Waals surface area contributed by atoms with E-state index in [1.807, 2.05) is 54.6 Å². The van der Waals surface area contributed by atoms with E-state index >= 15 is 0 Å². The zero-order valence-electron chi connectivity index (χ0n) is 16.1. The minimum atomic E-state index is -1.04. The Labute approximate surface area is 173 Å². The van der Waals surface area contributed by atoms with Gasteiger partial charge < -0.3 is 14.7 Å². The molecule has 0 saturated carbocycles. The van der Waals surface area contributed by atoms with Gasteiger partial charge in [0.05, 0.1) is 6.54 Å². The smallest absolute Gasteiger partial charge is 0.326 e. The van der Waals surface area contributed by atoms with E-state index in [4.69, 9.17) is 4.74 Å². The minimum absolute atomic E-state index is 0.0610. The number of nitrogens with zero attached hydrogens (tertiary/aromatic N) is 1. The average Bonchev–Trinajstić information content (AvgIpc) is 3.13. The van der Waals surface area contributed by atoms with Crippen LogP contribution in [0.4, 0.5) is 0 Å². The highest BCUT2D eigenvalue weighted by atomic mass is 32.2. The van der Waals surface area contributed by atoms with Crippen molar-refractivity contribution in [2.75, 3.05) is 12.3 Å². The van der Waals surface area contributed by atoms with E-state index in [1.54, 1.807) is 0 Å². The molecule has 1 heterocycles. The lowest BCUT2D eigenvalue weighted by molar-refractivity contribution is -0.148. The maximum Gasteiger partial charge on any atom is 0.326 e. The van der Waals surface area contributed by atoms with Gasteiger partial charge in [0.15, 0.2) is 5.12 Å². The molecule has 6 nitrogen and oxygen atoms in total. The van der Waals surface area contributed by atoms with Gasteiger partial charge in [-0.2, -0.15) is 0 Å².